The number of rotatable bonds is 5. The molecular formula is C19H16N2. The molecule has 0 aliphatic rings. The summed E-state index contributed by atoms with van der Waals surface area (Å²) in [4.78, 5) is 0. The van der Waals surface area contributed by atoms with Gasteiger partial charge in [0, 0.05) is 6.42 Å². The molecule has 0 fully saturated rings. The third-order valence-corrected chi connectivity index (χ3v) is 3.35. The minimum Gasteiger partial charge on any atom is -0.197 e. The first-order valence-electron chi connectivity index (χ1n) is 6.86. The largest absolute Gasteiger partial charge is 0.197 e. The molecule has 0 atom stereocenters. The first-order chi connectivity index (χ1) is 10.3. The van der Waals surface area contributed by atoms with Crippen LogP contribution in [-0.4, -0.2) is 0 Å². The second-order valence-electron chi connectivity index (χ2n) is 4.99. The van der Waals surface area contributed by atoms with Gasteiger partial charge in [0.25, 0.3) is 0 Å². The van der Waals surface area contributed by atoms with E-state index in [1.54, 1.807) is 0 Å². The molecule has 0 radical (unpaired) electrons. The van der Waals surface area contributed by atoms with Crippen LogP contribution in [-0.2, 0) is 6.42 Å². The predicted octanol–water partition coefficient (Wildman–Crippen LogP) is 4.37. The van der Waals surface area contributed by atoms with Crippen LogP contribution in [0.4, 0.5) is 0 Å². The zero-order chi connectivity index (χ0) is 15.0. The Labute approximate surface area is 125 Å². The van der Waals surface area contributed by atoms with Gasteiger partial charge in [-0.15, -0.1) is 0 Å². The van der Waals surface area contributed by atoms with E-state index in [0.717, 1.165) is 11.1 Å². The number of hydrogen-bond donors (Lipinski definition) is 0. The van der Waals surface area contributed by atoms with Gasteiger partial charge in [-0.2, -0.15) is 10.5 Å². The highest BCUT2D eigenvalue weighted by atomic mass is 14.4. The van der Waals surface area contributed by atoms with Crippen LogP contribution in [0.15, 0.2) is 66.7 Å². The van der Waals surface area contributed by atoms with Crippen molar-refractivity contribution < 1.29 is 0 Å². The molecule has 0 bridgehead atoms. The minimum atomic E-state index is -1.01. The summed E-state index contributed by atoms with van der Waals surface area (Å²) in [7, 11) is 0. The van der Waals surface area contributed by atoms with Gasteiger partial charge in [-0.25, -0.2) is 0 Å². The van der Waals surface area contributed by atoms with Gasteiger partial charge in [0.15, 0.2) is 5.41 Å². The topological polar surface area (TPSA) is 47.6 Å². The summed E-state index contributed by atoms with van der Waals surface area (Å²) in [5, 5.41) is 18.9. The maximum atomic E-state index is 9.43. The highest BCUT2D eigenvalue weighted by Crippen LogP contribution is 2.26. The van der Waals surface area contributed by atoms with Crippen LogP contribution < -0.4 is 0 Å². The zero-order valence-electron chi connectivity index (χ0n) is 11.7. The molecular weight excluding hydrogens is 256 g/mol. The van der Waals surface area contributed by atoms with Crippen molar-refractivity contribution in [1.29, 1.82) is 10.5 Å². The van der Waals surface area contributed by atoms with E-state index in [-0.39, 0.29) is 0 Å². The van der Waals surface area contributed by atoms with Crippen LogP contribution >= 0.6 is 0 Å². The molecule has 102 valence electrons. The Kier molecular flexibility index (Phi) is 4.91. The van der Waals surface area contributed by atoms with Crippen LogP contribution in [0.3, 0.4) is 0 Å². The third-order valence-electron chi connectivity index (χ3n) is 3.35. The normalized spacial score (nSPS) is 11.0. The maximum absolute atomic E-state index is 9.43. The lowest BCUT2D eigenvalue weighted by Gasteiger charge is -2.16. The molecule has 0 unspecified atom stereocenters. The lowest BCUT2D eigenvalue weighted by atomic mass is 9.81. The first kappa shape index (κ1) is 14.6. The smallest absolute Gasteiger partial charge is 0.151 e. The summed E-state index contributed by atoms with van der Waals surface area (Å²) in [6, 6.07) is 23.9. The van der Waals surface area contributed by atoms with E-state index in [1.807, 2.05) is 72.8 Å². The molecule has 0 heterocycles. The Morgan fingerprint density at radius 2 is 1.43 bits per heavy atom. The van der Waals surface area contributed by atoms with Crippen molar-refractivity contribution in [1.82, 2.24) is 0 Å². The van der Waals surface area contributed by atoms with E-state index in [4.69, 9.17) is 0 Å². The second-order valence-corrected chi connectivity index (χ2v) is 4.99. The molecule has 2 aromatic carbocycles. The number of benzene rings is 2. The fourth-order valence-corrected chi connectivity index (χ4v) is 2.17. The maximum Gasteiger partial charge on any atom is 0.151 e. The molecule has 0 spiro atoms. The second kappa shape index (κ2) is 7.08. The van der Waals surface area contributed by atoms with Crippen LogP contribution in [0.2, 0.25) is 0 Å². The van der Waals surface area contributed by atoms with E-state index in [0.29, 0.717) is 12.8 Å². The van der Waals surface area contributed by atoms with Crippen molar-refractivity contribution in [2.75, 3.05) is 0 Å². The summed E-state index contributed by atoms with van der Waals surface area (Å²) in [5.41, 5.74) is 1.07. The summed E-state index contributed by atoms with van der Waals surface area (Å²) < 4.78 is 0. The predicted molar refractivity (Wildman–Crippen MR) is 83.9 cm³/mol. The molecule has 2 heteroatoms. The van der Waals surface area contributed by atoms with Crippen molar-refractivity contribution in [2.24, 2.45) is 5.41 Å². The Morgan fingerprint density at radius 1 is 0.857 bits per heavy atom. The number of nitrogens with zero attached hydrogens (tertiary/aromatic N) is 2. The van der Waals surface area contributed by atoms with Gasteiger partial charge in [-0.3, -0.25) is 0 Å². The molecule has 21 heavy (non-hydrogen) atoms. The standard InChI is InChI=1S/C19H16N2/c20-15-19(16-21,14-18-10-5-2-6-11-18)13-7-12-17-8-3-1-4-9-17/h1-12H,13-14H2/b12-7+. The van der Waals surface area contributed by atoms with Crippen molar-refractivity contribution in [2.45, 2.75) is 12.8 Å². The molecule has 2 aromatic rings. The molecule has 2 rings (SSSR count). The van der Waals surface area contributed by atoms with Gasteiger partial charge in [0.2, 0.25) is 0 Å². The summed E-state index contributed by atoms with van der Waals surface area (Å²) >= 11 is 0. The molecule has 0 amide bonds. The van der Waals surface area contributed by atoms with Crippen LogP contribution in [0.1, 0.15) is 17.5 Å². The highest BCUT2D eigenvalue weighted by Gasteiger charge is 2.28. The lowest BCUT2D eigenvalue weighted by molar-refractivity contribution is 0.527. The molecule has 0 N–H and O–H groups in total. The molecule has 0 saturated heterocycles. The number of hydrogen-bond acceptors (Lipinski definition) is 2. The van der Waals surface area contributed by atoms with Crippen molar-refractivity contribution in [3.63, 3.8) is 0 Å². The summed E-state index contributed by atoms with van der Waals surface area (Å²) in [6.07, 6.45) is 4.73. The van der Waals surface area contributed by atoms with Gasteiger partial charge in [0.1, 0.15) is 0 Å². The lowest BCUT2D eigenvalue weighted by Crippen LogP contribution is -2.18. The molecule has 0 aliphatic carbocycles. The minimum absolute atomic E-state index is 0.420. The van der Waals surface area contributed by atoms with Gasteiger partial charge < -0.3 is 0 Å². The van der Waals surface area contributed by atoms with Gasteiger partial charge in [0.05, 0.1) is 12.1 Å². The fraction of sp³-hybridized carbons (Fsp3) is 0.158. The summed E-state index contributed by atoms with van der Waals surface area (Å²) in [5.74, 6) is 0. The Balaban J connectivity index is 2.11. The van der Waals surface area contributed by atoms with Gasteiger partial charge in [-0.1, -0.05) is 72.8 Å². The molecule has 0 aliphatic heterocycles. The number of nitriles is 2. The zero-order valence-corrected chi connectivity index (χ0v) is 11.7. The Hall–Kier alpha value is -2.84. The van der Waals surface area contributed by atoms with Crippen molar-refractivity contribution in [3.05, 3.63) is 77.9 Å². The third kappa shape index (κ3) is 4.06. The van der Waals surface area contributed by atoms with E-state index in [9.17, 15) is 10.5 Å². The average molecular weight is 272 g/mol. The first-order valence-corrected chi connectivity index (χ1v) is 6.86. The Morgan fingerprint density at radius 3 is 2.00 bits per heavy atom. The van der Waals surface area contributed by atoms with Crippen molar-refractivity contribution >= 4 is 6.08 Å². The number of allylic oxidation sites excluding steroid dienone is 1. The van der Waals surface area contributed by atoms with E-state index >= 15 is 0 Å². The average Bonchev–Trinajstić information content (AvgIpc) is 2.56. The van der Waals surface area contributed by atoms with Crippen molar-refractivity contribution in [3.8, 4) is 12.1 Å². The monoisotopic (exact) mass is 272 g/mol. The van der Waals surface area contributed by atoms with Crippen LogP contribution in [0, 0.1) is 28.1 Å². The van der Waals surface area contributed by atoms with E-state index in [1.165, 1.54) is 0 Å². The van der Waals surface area contributed by atoms with E-state index < -0.39 is 5.41 Å². The Bertz CT molecular complexity index is 659. The van der Waals surface area contributed by atoms with Crippen LogP contribution in [0.25, 0.3) is 6.08 Å². The SMILES string of the molecule is N#CC(C#N)(C/C=C/c1ccccc1)Cc1ccccc1. The van der Waals surface area contributed by atoms with Gasteiger partial charge >= 0.3 is 0 Å². The van der Waals surface area contributed by atoms with Crippen LogP contribution in [0.5, 0.6) is 0 Å². The fourth-order valence-electron chi connectivity index (χ4n) is 2.17. The summed E-state index contributed by atoms with van der Waals surface area (Å²) in [6.45, 7) is 0. The molecule has 0 aromatic heterocycles. The molecule has 0 saturated carbocycles. The van der Waals surface area contributed by atoms with Gasteiger partial charge in [-0.05, 0) is 17.5 Å². The molecule has 2 nitrogen and oxygen atoms in total. The van der Waals surface area contributed by atoms with E-state index in [2.05, 4.69) is 12.1 Å². The quantitative estimate of drug-likeness (QED) is 0.811. The highest BCUT2D eigenvalue weighted by molar-refractivity contribution is 5.49.